The molecule has 0 atom stereocenters. The number of nitrogens with zero attached hydrogens (tertiary/aromatic N) is 2. The summed E-state index contributed by atoms with van der Waals surface area (Å²) in [4.78, 5) is 15.9. The molecule has 3 aromatic rings. The first-order chi connectivity index (χ1) is 14.2. The number of ether oxygens (including phenoxy) is 3. The number of fused-ring (bicyclic) bond motifs is 1. The number of imidazole rings is 1. The Labute approximate surface area is 170 Å². The minimum atomic E-state index is -0.161. The quantitative estimate of drug-likeness (QED) is 0.330. The first kappa shape index (κ1) is 20.9. The van der Waals surface area contributed by atoms with E-state index in [-0.39, 0.29) is 5.97 Å². The van der Waals surface area contributed by atoms with Gasteiger partial charge in [0, 0.05) is 32.7 Å². The van der Waals surface area contributed by atoms with E-state index in [1.165, 1.54) is 7.11 Å². The van der Waals surface area contributed by atoms with Crippen LogP contribution < -0.4 is 4.74 Å². The Bertz CT molecular complexity index is 901. The molecular formula is C22H28N2O5. The zero-order valence-electron chi connectivity index (χ0n) is 17.1. The molecule has 0 aliphatic carbocycles. The van der Waals surface area contributed by atoms with Gasteiger partial charge in [-0.25, -0.2) is 4.98 Å². The highest BCUT2D eigenvalue weighted by atomic mass is 16.5. The molecule has 1 aromatic carbocycles. The van der Waals surface area contributed by atoms with Gasteiger partial charge in [-0.2, -0.15) is 0 Å². The Hall–Kier alpha value is -2.80. The number of hydrogen-bond acceptors (Lipinski definition) is 6. The number of furan rings is 1. The zero-order valence-corrected chi connectivity index (χ0v) is 17.1. The van der Waals surface area contributed by atoms with Crippen LogP contribution in [0.1, 0.15) is 32.1 Å². The summed E-state index contributed by atoms with van der Waals surface area (Å²) in [6.45, 7) is 2.09. The van der Waals surface area contributed by atoms with E-state index in [9.17, 15) is 4.79 Å². The maximum atomic E-state index is 11.1. The van der Waals surface area contributed by atoms with Gasteiger partial charge in [0.15, 0.2) is 0 Å². The second-order valence-electron chi connectivity index (χ2n) is 6.83. The molecule has 0 amide bonds. The molecule has 0 N–H and O–H groups in total. The molecule has 29 heavy (non-hydrogen) atoms. The standard InChI is InChI=1S/C22H28N2O5/c1-26-12-6-11-24-20-15-18(29-13-5-3-4-7-21(25)27-2)8-9-19(20)23-22(24)17-10-14-28-16-17/h8-10,14-16H,3-7,11-13H2,1-2H3. The smallest absolute Gasteiger partial charge is 0.305 e. The van der Waals surface area contributed by atoms with Gasteiger partial charge in [0.2, 0.25) is 0 Å². The lowest BCUT2D eigenvalue weighted by Gasteiger charge is -2.10. The molecule has 0 fully saturated rings. The average Bonchev–Trinajstić information content (AvgIpc) is 3.38. The third-order valence-corrected chi connectivity index (χ3v) is 4.75. The van der Waals surface area contributed by atoms with Crippen molar-refractivity contribution in [2.45, 2.75) is 38.6 Å². The number of aryl methyl sites for hydroxylation is 1. The van der Waals surface area contributed by atoms with E-state index in [2.05, 4.69) is 9.30 Å². The number of methoxy groups -OCH3 is 2. The molecule has 0 saturated carbocycles. The number of rotatable bonds is 12. The van der Waals surface area contributed by atoms with Crippen molar-refractivity contribution in [3.8, 4) is 17.1 Å². The van der Waals surface area contributed by atoms with Gasteiger partial charge in [0.1, 0.15) is 17.8 Å². The minimum absolute atomic E-state index is 0.161. The first-order valence-electron chi connectivity index (χ1n) is 9.94. The number of carbonyl (C=O) groups is 1. The van der Waals surface area contributed by atoms with Crippen LogP contribution in [0.5, 0.6) is 5.75 Å². The Morgan fingerprint density at radius 1 is 1.10 bits per heavy atom. The van der Waals surface area contributed by atoms with Crippen LogP contribution in [0, 0.1) is 0 Å². The number of unbranched alkanes of at least 4 members (excludes halogenated alkanes) is 2. The van der Waals surface area contributed by atoms with Gasteiger partial charge in [-0.05, 0) is 43.9 Å². The van der Waals surface area contributed by atoms with Gasteiger partial charge in [0.25, 0.3) is 0 Å². The third-order valence-electron chi connectivity index (χ3n) is 4.75. The summed E-state index contributed by atoms with van der Waals surface area (Å²) in [5.41, 5.74) is 2.90. The highest BCUT2D eigenvalue weighted by molar-refractivity contribution is 5.82. The molecule has 3 rings (SSSR count). The van der Waals surface area contributed by atoms with Crippen LogP contribution in [0.3, 0.4) is 0 Å². The summed E-state index contributed by atoms with van der Waals surface area (Å²) in [6, 6.07) is 7.88. The van der Waals surface area contributed by atoms with Crippen molar-refractivity contribution >= 4 is 17.0 Å². The van der Waals surface area contributed by atoms with Crippen LogP contribution >= 0.6 is 0 Å². The Kier molecular flexibility index (Phi) is 7.69. The van der Waals surface area contributed by atoms with Crippen molar-refractivity contribution in [1.82, 2.24) is 9.55 Å². The van der Waals surface area contributed by atoms with E-state index < -0.39 is 0 Å². The Morgan fingerprint density at radius 2 is 2.00 bits per heavy atom. The summed E-state index contributed by atoms with van der Waals surface area (Å²) in [5.74, 6) is 1.54. The molecule has 0 bridgehead atoms. The second-order valence-corrected chi connectivity index (χ2v) is 6.83. The van der Waals surface area contributed by atoms with E-state index in [1.807, 2.05) is 24.3 Å². The summed E-state index contributed by atoms with van der Waals surface area (Å²) in [7, 11) is 3.12. The van der Waals surface area contributed by atoms with E-state index in [1.54, 1.807) is 19.6 Å². The van der Waals surface area contributed by atoms with Crippen LogP contribution in [-0.2, 0) is 20.8 Å². The molecule has 156 valence electrons. The van der Waals surface area contributed by atoms with Crippen molar-refractivity contribution in [2.75, 3.05) is 27.4 Å². The summed E-state index contributed by atoms with van der Waals surface area (Å²) >= 11 is 0. The van der Waals surface area contributed by atoms with Crippen LogP contribution in [0.15, 0.2) is 41.2 Å². The summed E-state index contributed by atoms with van der Waals surface area (Å²) in [5, 5.41) is 0. The lowest BCUT2D eigenvalue weighted by Crippen LogP contribution is -2.04. The molecule has 7 heteroatoms. The number of carbonyl (C=O) groups excluding carboxylic acids is 1. The lowest BCUT2D eigenvalue weighted by atomic mass is 10.2. The average molecular weight is 400 g/mol. The van der Waals surface area contributed by atoms with E-state index in [0.717, 1.165) is 60.4 Å². The van der Waals surface area contributed by atoms with E-state index in [4.69, 9.17) is 18.9 Å². The second kappa shape index (κ2) is 10.7. The van der Waals surface area contributed by atoms with Crippen molar-refractivity contribution < 1.29 is 23.4 Å². The molecule has 0 spiro atoms. The normalized spacial score (nSPS) is 11.1. The van der Waals surface area contributed by atoms with Crippen molar-refractivity contribution in [1.29, 1.82) is 0 Å². The maximum Gasteiger partial charge on any atom is 0.305 e. The Balaban J connectivity index is 1.67. The molecule has 2 aromatic heterocycles. The monoisotopic (exact) mass is 400 g/mol. The molecule has 0 radical (unpaired) electrons. The van der Waals surface area contributed by atoms with Gasteiger partial charge in [-0.15, -0.1) is 0 Å². The highest BCUT2D eigenvalue weighted by Crippen LogP contribution is 2.28. The molecular weight excluding hydrogens is 372 g/mol. The van der Waals surface area contributed by atoms with Crippen molar-refractivity contribution in [2.24, 2.45) is 0 Å². The van der Waals surface area contributed by atoms with E-state index in [0.29, 0.717) is 19.6 Å². The van der Waals surface area contributed by atoms with Crippen LogP contribution in [0.25, 0.3) is 22.4 Å². The van der Waals surface area contributed by atoms with Gasteiger partial charge >= 0.3 is 5.97 Å². The molecule has 0 saturated heterocycles. The van der Waals surface area contributed by atoms with Gasteiger partial charge in [-0.1, -0.05) is 0 Å². The predicted molar refractivity (Wildman–Crippen MR) is 110 cm³/mol. The fraction of sp³-hybridized carbons (Fsp3) is 0.455. The molecule has 0 aliphatic heterocycles. The minimum Gasteiger partial charge on any atom is -0.494 e. The predicted octanol–water partition coefficient (Wildman–Crippen LogP) is 4.45. The zero-order chi connectivity index (χ0) is 20.5. The first-order valence-corrected chi connectivity index (χ1v) is 9.94. The maximum absolute atomic E-state index is 11.1. The van der Waals surface area contributed by atoms with Crippen LogP contribution in [-0.4, -0.2) is 43.0 Å². The molecule has 7 nitrogen and oxygen atoms in total. The molecule has 2 heterocycles. The highest BCUT2D eigenvalue weighted by Gasteiger charge is 2.14. The van der Waals surface area contributed by atoms with Crippen LogP contribution in [0.4, 0.5) is 0 Å². The van der Waals surface area contributed by atoms with Crippen LogP contribution in [0.2, 0.25) is 0 Å². The van der Waals surface area contributed by atoms with E-state index >= 15 is 0 Å². The topological polar surface area (TPSA) is 75.7 Å². The number of aromatic nitrogens is 2. The van der Waals surface area contributed by atoms with Gasteiger partial charge in [-0.3, -0.25) is 4.79 Å². The lowest BCUT2D eigenvalue weighted by molar-refractivity contribution is -0.140. The van der Waals surface area contributed by atoms with Gasteiger partial charge < -0.3 is 23.2 Å². The summed E-state index contributed by atoms with van der Waals surface area (Å²) < 4.78 is 23.2. The SMILES string of the molecule is COCCCn1c(-c2ccoc2)nc2ccc(OCCCCCC(=O)OC)cc21. The Morgan fingerprint density at radius 3 is 2.76 bits per heavy atom. The summed E-state index contributed by atoms with van der Waals surface area (Å²) in [6.07, 6.45) is 7.34. The number of hydrogen-bond donors (Lipinski definition) is 0. The number of benzene rings is 1. The van der Waals surface area contributed by atoms with Crippen molar-refractivity contribution in [3.63, 3.8) is 0 Å². The molecule has 0 unspecified atom stereocenters. The molecule has 0 aliphatic rings. The van der Waals surface area contributed by atoms with Crippen molar-refractivity contribution in [3.05, 3.63) is 36.8 Å². The van der Waals surface area contributed by atoms with Gasteiger partial charge in [0.05, 0.1) is 36.6 Å². The fourth-order valence-electron chi connectivity index (χ4n) is 3.24. The fourth-order valence-corrected chi connectivity index (χ4v) is 3.24. The number of esters is 1. The third kappa shape index (κ3) is 5.60. The largest absolute Gasteiger partial charge is 0.494 e.